The van der Waals surface area contributed by atoms with Gasteiger partial charge in [0.25, 0.3) is 0 Å². The second-order valence-electron chi connectivity index (χ2n) is 4.89. The lowest BCUT2D eigenvalue weighted by molar-refractivity contribution is 0.166. The Hall–Kier alpha value is -0.0600. The third kappa shape index (κ3) is 4.25. The van der Waals surface area contributed by atoms with E-state index in [-0.39, 0.29) is 0 Å². The van der Waals surface area contributed by atoms with Crippen molar-refractivity contribution in [2.75, 3.05) is 26.2 Å². The van der Waals surface area contributed by atoms with Crippen molar-refractivity contribution in [3.05, 3.63) is 28.7 Å². The standard InChI is InChI=1S/C14H19Br2NO/c1-11-5-6-17(10-14(11)16)7-8-18-13-4-2-3-12(15)9-13/h2-4,9,11,14H,5-8,10H2,1H3. The Morgan fingerprint density at radius 2 is 2.28 bits per heavy atom. The lowest BCUT2D eigenvalue weighted by atomic mass is 9.99. The number of hydrogen-bond donors (Lipinski definition) is 0. The van der Waals surface area contributed by atoms with Crippen LogP contribution in [0.1, 0.15) is 13.3 Å². The van der Waals surface area contributed by atoms with Gasteiger partial charge in [-0.25, -0.2) is 0 Å². The van der Waals surface area contributed by atoms with Crippen LogP contribution in [-0.2, 0) is 0 Å². The molecule has 0 bridgehead atoms. The minimum atomic E-state index is 0.622. The summed E-state index contributed by atoms with van der Waals surface area (Å²) in [7, 11) is 0. The van der Waals surface area contributed by atoms with E-state index < -0.39 is 0 Å². The van der Waals surface area contributed by atoms with E-state index in [1.807, 2.05) is 24.3 Å². The second-order valence-corrected chi connectivity index (χ2v) is 6.98. The van der Waals surface area contributed by atoms with E-state index >= 15 is 0 Å². The van der Waals surface area contributed by atoms with Gasteiger partial charge in [-0.3, -0.25) is 4.90 Å². The largest absolute Gasteiger partial charge is 0.492 e. The second kappa shape index (κ2) is 6.92. The molecule has 4 heteroatoms. The molecular formula is C14H19Br2NO. The summed E-state index contributed by atoms with van der Waals surface area (Å²) in [6, 6.07) is 8.01. The molecule has 0 N–H and O–H groups in total. The van der Waals surface area contributed by atoms with Crippen molar-refractivity contribution in [1.82, 2.24) is 4.90 Å². The topological polar surface area (TPSA) is 12.5 Å². The number of nitrogens with zero attached hydrogens (tertiary/aromatic N) is 1. The number of likely N-dealkylation sites (tertiary alicyclic amines) is 1. The third-order valence-corrected chi connectivity index (χ3v) is 5.11. The maximum atomic E-state index is 5.76. The Morgan fingerprint density at radius 3 is 3.00 bits per heavy atom. The third-order valence-electron chi connectivity index (χ3n) is 3.42. The first-order chi connectivity index (χ1) is 8.65. The summed E-state index contributed by atoms with van der Waals surface area (Å²) in [5.41, 5.74) is 0. The molecule has 1 aromatic rings. The maximum Gasteiger partial charge on any atom is 0.120 e. The smallest absolute Gasteiger partial charge is 0.120 e. The number of benzene rings is 1. The van der Waals surface area contributed by atoms with Gasteiger partial charge in [0.1, 0.15) is 12.4 Å². The molecule has 1 heterocycles. The van der Waals surface area contributed by atoms with Crippen LogP contribution in [0.5, 0.6) is 5.75 Å². The maximum absolute atomic E-state index is 5.76. The summed E-state index contributed by atoms with van der Waals surface area (Å²) in [6.45, 7) is 6.38. The van der Waals surface area contributed by atoms with E-state index in [2.05, 4.69) is 43.7 Å². The Morgan fingerprint density at radius 1 is 1.44 bits per heavy atom. The van der Waals surface area contributed by atoms with Gasteiger partial charge in [-0.15, -0.1) is 0 Å². The van der Waals surface area contributed by atoms with E-state index in [9.17, 15) is 0 Å². The summed E-state index contributed by atoms with van der Waals surface area (Å²) in [5, 5.41) is 0. The summed E-state index contributed by atoms with van der Waals surface area (Å²) < 4.78 is 6.83. The summed E-state index contributed by atoms with van der Waals surface area (Å²) in [4.78, 5) is 3.09. The zero-order valence-corrected chi connectivity index (χ0v) is 13.8. The van der Waals surface area contributed by atoms with Crippen molar-refractivity contribution in [2.45, 2.75) is 18.2 Å². The number of alkyl halides is 1. The Kier molecular flexibility index (Phi) is 5.52. The molecule has 1 aromatic carbocycles. The molecule has 0 aliphatic carbocycles. The number of halogens is 2. The minimum absolute atomic E-state index is 0.622. The fourth-order valence-corrected chi connectivity index (χ4v) is 3.19. The highest BCUT2D eigenvalue weighted by atomic mass is 79.9. The van der Waals surface area contributed by atoms with Crippen LogP contribution < -0.4 is 4.74 Å². The number of hydrogen-bond acceptors (Lipinski definition) is 2. The lowest BCUT2D eigenvalue weighted by Gasteiger charge is -2.34. The van der Waals surface area contributed by atoms with Crippen LogP contribution in [0.3, 0.4) is 0 Å². The highest BCUT2D eigenvalue weighted by molar-refractivity contribution is 9.10. The average Bonchev–Trinajstić information content (AvgIpc) is 2.34. The predicted molar refractivity (Wildman–Crippen MR) is 82.6 cm³/mol. The number of piperidine rings is 1. The summed E-state index contributed by atoms with van der Waals surface area (Å²) >= 11 is 7.20. The molecule has 18 heavy (non-hydrogen) atoms. The van der Waals surface area contributed by atoms with Crippen molar-refractivity contribution < 1.29 is 4.74 Å². The zero-order chi connectivity index (χ0) is 13.0. The normalized spacial score (nSPS) is 25.1. The van der Waals surface area contributed by atoms with Crippen LogP contribution in [0.15, 0.2) is 28.7 Å². The van der Waals surface area contributed by atoms with E-state index in [1.54, 1.807) is 0 Å². The lowest BCUT2D eigenvalue weighted by Crippen LogP contribution is -2.41. The molecule has 1 aliphatic heterocycles. The molecule has 2 unspecified atom stereocenters. The van der Waals surface area contributed by atoms with Gasteiger partial charge in [-0.05, 0) is 37.1 Å². The van der Waals surface area contributed by atoms with Crippen molar-refractivity contribution >= 4 is 31.9 Å². The SMILES string of the molecule is CC1CCN(CCOc2cccc(Br)c2)CC1Br. The molecule has 100 valence electrons. The van der Waals surface area contributed by atoms with E-state index in [1.165, 1.54) is 13.0 Å². The van der Waals surface area contributed by atoms with Crippen LogP contribution in [0.2, 0.25) is 0 Å². The first-order valence-corrected chi connectivity index (χ1v) is 8.11. The number of rotatable bonds is 4. The Balaban J connectivity index is 1.72. The highest BCUT2D eigenvalue weighted by Gasteiger charge is 2.23. The molecule has 0 spiro atoms. The van der Waals surface area contributed by atoms with Crippen molar-refractivity contribution in [2.24, 2.45) is 5.92 Å². The molecule has 0 radical (unpaired) electrons. The fraction of sp³-hybridized carbons (Fsp3) is 0.571. The molecule has 0 amide bonds. The zero-order valence-electron chi connectivity index (χ0n) is 10.6. The van der Waals surface area contributed by atoms with Gasteiger partial charge in [0, 0.05) is 22.4 Å². The van der Waals surface area contributed by atoms with Crippen molar-refractivity contribution in [3.8, 4) is 5.75 Å². The monoisotopic (exact) mass is 375 g/mol. The molecule has 0 aromatic heterocycles. The first-order valence-electron chi connectivity index (χ1n) is 6.40. The van der Waals surface area contributed by atoms with Gasteiger partial charge < -0.3 is 4.74 Å². The van der Waals surface area contributed by atoms with Crippen LogP contribution in [0.4, 0.5) is 0 Å². The van der Waals surface area contributed by atoms with Crippen LogP contribution in [-0.4, -0.2) is 36.0 Å². The van der Waals surface area contributed by atoms with E-state index in [0.29, 0.717) is 4.83 Å². The van der Waals surface area contributed by atoms with Crippen molar-refractivity contribution in [1.29, 1.82) is 0 Å². The quantitative estimate of drug-likeness (QED) is 0.738. The van der Waals surface area contributed by atoms with Gasteiger partial charge >= 0.3 is 0 Å². The minimum Gasteiger partial charge on any atom is -0.492 e. The Bertz CT molecular complexity index is 386. The van der Waals surface area contributed by atoms with Gasteiger partial charge in [0.05, 0.1) is 0 Å². The van der Waals surface area contributed by atoms with E-state index in [0.717, 1.165) is 35.8 Å². The van der Waals surface area contributed by atoms with E-state index in [4.69, 9.17) is 4.74 Å². The molecule has 1 aliphatic rings. The molecule has 0 saturated carbocycles. The highest BCUT2D eigenvalue weighted by Crippen LogP contribution is 2.23. The first kappa shape index (κ1) is 14.4. The molecule has 2 rings (SSSR count). The molecular weight excluding hydrogens is 358 g/mol. The summed E-state index contributed by atoms with van der Waals surface area (Å²) in [5.74, 6) is 1.72. The molecule has 1 saturated heterocycles. The van der Waals surface area contributed by atoms with Gasteiger partial charge in [0.2, 0.25) is 0 Å². The fourth-order valence-electron chi connectivity index (χ4n) is 2.14. The van der Waals surface area contributed by atoms with Crippen LogP contribution in [0.25, 0.3) is 0 Å². The average molecular weight is 377 g/mol. The molecule has 1 fully saturated rings. The van der Waals surface area contributed by atoms with Crippen LogP contribution >= 0.6 is 31.9 Å². The molecule has 2 nitrogen and oxygen atoms in total. The van der Waals surface area contributed by atoms with Crippen LogP contribution in [0, 0.1) is 5.92 Å². The summed E-state index contributed by atoms with van der Waals surface area (Å²) in [6.07, 6.45) is 1.27. The Labute approximate surface area is 126 Å². The molecule has 2 atom stereocenters. The van der Waals surface area contributed by atoms with Gasteiger partial charge in [-0.2, -0.15) is 0 Å². The predicted octanol–water partition coefficient (Wildman–Crippen LogP) is 3.93. The van der Waals surface area contributed by atoms with Crippen molar-refractivity contribution in [3.63, 3.8) is 0 Å². The number of ether oxygens (including phenoxy) is 1. The van der Waals surface area contributed by atoms with Gasteiger partial charge in [0.15, 0.2) is 0 Å². The van der Waals surface area contributed by atoms with Gasteiger partial charge in [-0.1, -0.05) is 44.8 Å².